The van der Waals surface area contributed by atoms with Gasteiger partial charge in [0.15, 0.2) is 5.60 Å². The zero-order chi connectivity index (χ0) is 23.6. The lowest BCUT2D eigenvalue weighted by molar-refractivity contribution is -0.215. The summed E-state index contributed by atoms with van der Waals surface area (Å²) in [6.07, 6.45) is 9.14. The maximum absolute atomic E-state index is 12.6. The summed E-state index contributed by atoms with van der Waals surface area (Å²) in [5, 5.41) is 2.10. The highest BCUT2D eigenvalue weighted by Gasteiger charge is 2.53. The first kappa shape index (κ1) is 24.9. The topological polar surface area (TPSA) is 38.8 Å². The Bertz CT molecular complexity index is 858. The van der Waals surface area contributed by atoms with Crippen molar-refractivity contribution in [1.29, 1.82) is 0 Å². The molecular formula is C28H40BrNO3. The van der Waals surface area contributed by atoms with E-state index in [2.05, 4.69) is 64.1 Å². The zero-order valence-corrected chi connectivity index (χ0v) is 22.3. The van der Waals surface area contributed by atoms with E-state index in [1.54, 1.807) is 5.57 Å². The number of hydrogen-bond donors (Lipinski definition) is 0. The number of ether oxygens (including phenoxy) is 1. The lowest BCUT2D eigenvalue weighted by Crippen LogP contribution is -2.38. The molecule has 6 atom stereocenters. The number of benzene rings is 1. The number of allylic oxidation sites excluding steroid dienone is 1. The summed E-state index contributed by atoms with van der Waals surface area (Å²) in [6, 6.07) is 10.7. The van der Waals surface area contributed by atoms with Crippen LogP contribution >= 0.6 is 15.9 Å². The Labute approximate surface area is 208 Å². The van der Waals surface area contributed by atoms with Crippen molar-refractivity contribution < 1.29 is 14.4 Å². The van der Waals surface area contributed by atoms with E-state index in [-0.39, 0.29) is 12.0 Å². The van der Waals surface area contributed by atoms with E-state index in [0.717, 1.165) is 19.4 Å². The van der Waals surface area contributed by atoms with E-state index < -0.39 is 5.60 Å². The molecule has 1 saturated heterocycles. The molecule has 0 amide bonds. The van der Waals surface area contributed by atoms with Crippen LogP contribution in [-0.4, -0.2) is 36.3 Å². The Balaban J connectivity index is 1.48. The van der Waals surface area contributed by atoms with Crippen LogP contribution in [-0.2, 0) is 20.8 Å². The van der Waals surface area contributed by atoms with Crippen molar-refractivity contribution in [2.75, 3.05) is 13.7 Å². The van der Waals surface area contributed by atoms with Crippen molar-refractivity contribution in [2.24, 2.45) is 23.2 Å². The molecule has 3 aliphatic rings. The minimum Gasteiger partial charge on any atom is -0.467 e. The highest BCUT2D eigenvalue weighted by atomic mass is 79.9. The molecule has 5 heteroatoms. The normalized spacial score (nSPS) is 36.6. The average Bonchev–Trinajstić information content (AvgIpc) is 3.34. The van der Waals surface area contributed by atoms with E-state index in [4.69, 9.17) is 9.57 Å². The number of carbonyl (C=O) groups is 1. The second kappa shape index (κ2) is 10.2. The minimum atomic E-state index is -0.894. The van der Waals surface area contributed by atoms with Crippen molar-refractivity contribution in [2.45, 2.75) is 83.8 Å². The van der Waals surface area contributed by atoms with E-state index in [1.165, 1.54) is 44.8 Å². The third-order valence-corrected chi connectivity index (χ3v) is 9.53. The molecule has 2 unspecified atom stereocenters. The molecule has 0 bridgehead atoms. The largest absolute Gasteiger partial charge is 0.467 e. The summed E-state index contributed by atoms with van der Waals surface area (Å²) in [4.78, 5) is 21.1. The Morgan fingerprint density at radius 1 is 1.30 bits per heavy atom. The zero-order valence-electron chi connectivity index (χ0n) is 20.7. The second-order valence-corrected chi connectivity index (χ2v) is 11.5. The molecule has 1 aromatic rings. The van der Waals surface area contributed by atoms with Gasteiger partial charge in [-0.1, -0.05) is 65.7 Å². The molecule has 33 heavy (non-hydrogen) atoms. The summed E-state index contributed by atoms with van der Waals surface area (Å²) >= 11 is 3.65. The van der Waals surface area contributed by atoms with Crippen LogP contribution in [0.1, 0.15) is 71.3 Å². The van der Waals surface area contributed by atoms with Crippen LogP contribution in [0.3, 0.4) is 0 Å². The summed E-state index contributed by atoms with van der Waals surface area (Å²) in [5.41, 5.74) is 2.40. The molecule has 4 rings (SSSR count). The lowest BCUT2D eigenvalue weighted by atomic mass is 9.61. The highest BCUT2D eigenvalue weighted by Crippen LogP contribution is 2.60. The van der Waals surface area contributed by atoms with Crippen LogP contribution in [0.2, 0.25) is 0 Å². The summed E-state index contributed by atoms with van der Waals surface area (Å²) in [6.45, 7) is 7.65. The molecule has 2 saturated carbocycles. The number of halogens is 1. The fraction of sp³-hybridized carbons (Fsp3) is 0.679. The predicted molar refractivity (Wildman–Crippen MR) is 136 cm³/mol. The molecule has 1 heterocycles. The number of fused-ring (bicyclic) bond motifs is 1. The van der Waals surface area contributed by atoms with Crippen LogP contribution in [0.5, 0.6) is 0 Å². The maximum Gasteiger partial charge on any atom is 0.340 e. The van der Waals surface area contributed by atoms with Gasteiger partial charge in [-0.2, -0.15) is 5.06 Å². The molecule has 0 radical (unpaired) electrons. The fourth-order valence-corrected chi connectivity index (χ4v) is 7.86. The Kier molecular flexibility index (Phi) is 7.72. The van der Waals surface area contributed by atoms with Gasteiger partial charge >= 0.3 is 5.97 Å². The molecule has 1 aromatic carbocycles. The van der Waals surface area contributed by atoms with Gasteiger partial charge in [-0.05, 0) is 85.6 Å². The van der Waals surface area contributed by atoms with E-state index in [0.29, 0.717) is 29.6 Å². The van der Waals surface area contributed by atoms with Gasteiger partial charge in [0, 0.05) is 19.0 Å². The van der Waals surface area contributed by atoms with Crippen LogP contribution in [0.4, 0.5) is 0 Å². The maximum atomic E-state index is 12.6. The quantitative estimate of drug-likeness (QED) is 0.377. The second-order valence-electron chi connectivity index (χ2n) is 11.0. The average molecular weight is 519 g/mol. The SMILES string of the molecule is COC(=O)C1(C)CC(C[C@@H](C)[C@H]2CC[C@H]3/C(=C/Br)CCC[C@]23C)N(CCc2ccccc2)O1. The van der Waals surface area contributed by atoms with Gasteiger partial charge in [0.25, 0.3) is 0 Å². The number of rotatable bonds is 7. The molecular weight excluding hydrogens is 478 g/mol. The van der Waals surface area contributed by atoms with Crippen molar-refractivity contribution in [1.82, 2.24) is 5.06 Å². The van der Waals surface area contributed by atoms with Crippen molar-refractivity contribution in [3.05, 3.63) is 46.5 Å². The van der Waals surface area contributed by atoms with Crippen LogP contribution in [0.25, 0.3) is 0 Å². The minimum absolute atomic E-state index is 0.227. The smallest absolute Gasteiger partial charge is 0.340 e. The Hall–Kier alpha value is -1.17. The highest BCUT2D eigenvalue weighted by molar-refractivity contribution is 9.11. The van der Waals surface area contributed by atoms with Gasteiger partial charge in [-0.3, -0.25) is 4.84 Å². The summed E-state index contributed by atoms with van der Waals surface area (Å²) in [5.74, 6) is 1.75. The van der Waals surface area contributed by atoms with Crippen molar-refractivity contribution >= 4 is 21.9 Å². The molecule has 3 fully saturated rings. The van der Waals surface area contributed by atoms with Gasteiger partial charge in [0.1, 0.15) is 0 Å². The Morgan fingerprint density at radius 2 is 2.06 bits per heavy atom. The fourth-order valence-electron chi connectivity index (χ4n) is 7.31. The first-order valence-corrected chi connectivity index (χ1v) is 13.6. The third kappa shape index (κ3) is 4.97. The number of hydroxylamine groups is 2. The van der Waals surface area contributed by atoms with Crippen molar-refractivity contribution in [3.63, 3.8) is 0 Å². The van der Waals surface area contributed by atoms with E-state index in [1.807, 2.05) is 13.0 Å². The van der Waals surface area contributed by atoms with Gasteiger partial charge in [0.2, 0.25) is 0 Å². The third-order valence-electron chi connectivity index (χ3n) is 8.94. The van der Waals surface area contributed by atoms with Gasteiger partial charge in [-0.15, -0.1) is 0 Å². The summed E-state index contributed by atoms with van der Waals surface area (Å²) < 4.78 is 5.11. The molecule has 182 valence electrons. The van der Waals surface area contributed by atoms with E-state index >= 15 is 0 Å². The van der Waals surface area contributed by atoms with Gasteiger partial charge < -0.3 is 4.74 Å². The number of carbonyl (C=O) groups excluding carboxylic acids is 1. The predicted octanol–water partition coefficient (Wildman–Crippen LogP) is 6.69. The van der Waals surface area contributed by atoms with Gasteiger partial charge in [0.05, 0.1) is 7.11 Å². The van der Waals surface area contributed by atoms with Crippen LogP contribution in [0, 0.1) is 23.2 Å². The number of nitrogens with zero attached hydrogens (tertiary/aromatic N) is 1. The molecule has 4 nitrogen and oxygen atoms in total. The van der Waals surface area contributed by atoms with Crippen molar-refractivity contribution in [3.8, 4) is 0 Å². The van der Waals surface area contributed by atoms with Crippen LogP contribution < -0.4 is 0 Å². The Morgan fingerprint density at radius 3 is 2.76 bits per heavy atom. The number of hydrogen-bond acceptors (Lipinski definition) is 4. The molecule has 1 aliphatic heterocycles. The monoisotopic (exact) mass is 517 g/mol. The molecule has 0 aromatic heterocycles. The number of methoxy groups -OCH3 is 1. The molecule has 0 spiro atoms. The van der Waals surface area contributed by atoms with E-state index in [9.17, 15) is 4.79 Å². The lowest BCUT2D eigenvalue weighted by Gasteiger charge is -2.44. The summed E-state index contributed by atoms with van der Waals surface area (Å²) in [7, 11) is 1.46. The molecule has 0 N–H and O–H groups in total. The first-order chi connectivity index (χ1) is 15.8. The first-order valence-electron chi connectivity index (χ1n) is 12.7. The standard InChI is InChI=1S/C28H40BrNO3/c1-20(24-12-13-25-22(19-29)11-8-15-27(24,25)2)17-23-18-28(3,26(31)32-4)33-30(23)16-14-21-9-6-5-7-10-21/h5-7,9-10,19-20,23-25H,8,11-18H2,1-4H3/b22-19+/t20-,23?,24-,25+,27-,28?/m1/s1. The van der Waals surface area contributed by atoms with Crippen LogP contribution in [0.15, 0.2) is 40.9 Å². The number of esters is 1. The molecule has 2 aliphatic carbocycles. The van der Waals surface area contributed by atoms with Gasteiger partial charge in [-0.25, -0.2) is 4.79 Å².